The Morgan fingerprint density at radius 2 is 1.53 bits per heavy atom. The van der Waals surface area contributed by atoms with Gasteiger partial charge in [-0.05, 0) is 67.2 Å². The third-order valence-corrected chi connectivity index (χ3v) is 11.9. The number of carbonyl (C=O) groups is 1. The Bertz CT molecular complexity index is 2140. The second-order valence-electron chi connectivity index (χ2n) is 14.7. The number of furan rings is 1. The number of hydrogen-bond donors (Lipinski definition) is 1. The number of nitrogens with zero attached hydrogens (tertiary/aromatic N) is 1. The molecule has 3 heterocycles. The van der Waals surface area contributed by atoms with Gasteiger partial charge >= 0.3 is 0 Å². The van der Waals surface area contributed by atoms with Gasteiger partial charge < -0.3 is 9.52 Å². The zero-order chi connectivity index (χ0) is 35.0. The number of pyridine rings is 1. The van der Waals surface area contributed by atoms with Crippen molar-refractivity contribution in [1.29, 1.82) is 0 Å². The van der Waals surface area contributed by atoms with Crippen molar-refractivity contribution in [1.82, 2.24) is 4.98 Å². The number of benzene rings is 3. The second kappa shape index (κ2) is 14.9. The van der Waals surface area contributed by atoms with E-state index >= 15 is 0 Å². The number of carbonyl (C=O) groups excluding carboxylic acids is 1. The topological polar surface area (TPSA) is 63.3 Å². The second-order valence-corrected chi connectivity index (χ2v) is 15.8. The number of aryl methyl sites for hydroxylation is 1. The summed E-state index contributed by atoms with van der Waals surface area (Å²) in [6.45, 7) is 21.0. The van der Waals surface area contributed by atoms with Crippen LogP contribution in [0.2, 0.25) is 0 Å². The average molecular weight is 853 g/mol. The van der Waals surface area contributed by atoms with Crippen LogP contribution < -0.4 is 0 Å². The minimum absolute atomic E-state index is 0. The summed E-state index contributed by atoms with van der Waals surface area (Å²) in [5, 5.41) is 16.2. The third-order valence-electron chi connectivity index (χ3n) is 10.7. The molecule has 0 saturated carbocycles. The van der Waals surface area contributed by atoms with E-state index in [4.69, 9.17) is 9.40 Å². The van der Waals surface area contributed by atoms with Crippen LogP contribution in [0.25, 0.3) is 53.2 Å². The standard InChI is InChI=1S/C28H22NOS.C15H28O2.Ir/c1-16-15-30-24-13-22-20-9-10-29-26(27(20)31-25(22)14-21(16)24)18-11-17-7-5-6-8-19(17)23(12-18)28(2,3)4;1-7-14(5,8-2)12(16)11-13(17)15(6,9-3)10-4;/h5-10,12-15H,1-4H3;11,16H,7-10H2,1-6H3;/q-1;;/b;12-11-;. The summed E-state index contributed by atoms with van der Waals surface area (Å²) in [5.74, 6) is 0.286. The quantitative estimate of drug-likeness (QED) is 0.0941. The van der Waals surface area contributed by atoms with Crippen molar-refractivity contribution in [3.8, 4) is 11.3 Å². The molecule has 3 aromatic heterocycles. The molecular weight excluding hydrogens is 803 g/mol. The van der Waals surface area contributed by atoms with E-state index in [1.165, 1.54) is 48.1 Å². The van der Waals surface area contributed by atoms with E-state index in [-0.39, 0.29) is 47.9 Å². The van der Waals surface area contributed by atoms with Gasteiger partial charge in [-0.1, -0.05) is 91.5 Å². The van der Waals surface area contributed by atoms with Crippen LogP contribution in [0.15, 0.2) is 77.2 Å². The first-order valence-corrected chi connectivity index (χ1v) is 18.1. The fourth-order valence-electron chi connectivity index (χ4n) is 6.20. The Labute approximate surface area is 309 Å². The van der Waals surface area contributed by atoms with Crippen LogP contribution >= 0.6 is 11.3 Å². The Morgan fingerprint density at radius 3 is 2.16 bits per heavy atom. The Balaban J connectivity index is 0.000000260. The van der Waals surface area contributed by atoms with Crippen LogP contribution in [0.1, 0.15) is 99.1 Å². The molecule has 3 aromatic carbocycles. The average Bonchev–Trinajstić information content (AvgIpc) is 3.64. The van der Waals surface area contributed by atoms with E-state index in [2.05, 4.69) is 82.3 Å². The number of aromatic nitrogens is 1. The van der Waals surface area contributed by atoms with Crippen LogP contribution in [0.3, 0.4) is 0 Å². The summed E-state index contributed by atoms with van der Waals surface area (Å²) in [4.78, 5) is 17.0. The van der Waals surface area contributed by atoms with Crippen LogP contribution in [0.5, 0.6) is 0 Å². The summed E-state index contributed by atoms with van der Waals surface area (Å²) in [6.07, 6.45) is 8.51. The van der Waals surface area contributed by atoms with Crippen molar-refractivity contribution in [2.24, 2.45) is 10.8 Å². The van der Waals surface area contributed by atoms with E-state index in [1.807, 2.05) is 54.0 Å². The van der Waals surface area contributed by atoms with Gasteiger partial charge in [-0.15, -0.1) is 40.5 Å². The minimum Gasteiger partial charge on any atom is -0.512 e. The summed E-state index contributed by atoms with van der Waals surface area (Å²) >= 11 is 1.80. The van der Waals surface area contributed by atoms with Gasteiger partial charge in [0.25, 0.3) is 0 Å². The molecule has 1 N–H and O–H groups in total. The predicted octanol–water partition coefficient (Wildman–Crippen LogP) is 13.1. The first-order chi connectivity index (χ1) is 22.7. The summed E-state index contributed by atoms with van der Waals surface area (Å²) in [7, 11) is 0. The molecule has 0 saturated heterocycles. The normalized spacial score (nSPS) is 12.7. The van der Waals surface area contributed by atoms with Gasteiger partial charge in [-0.2, -0.15) is 0 Å². The molecule has 0 bridgehead atoms. The molecule has 6 rings (SSSR count). The van der Waals surface area contributed by atoms with Gasteiger partial charge in [0, 0.05) is 69.1 Å². The molecule has 0 amide bonds. The van der Waals surface area contributed by atoms with Crippen LogP contribution in [-0.4, -0.2) is 15.9 Å². The van der Waals surface area contributed by atoms with Crippen molar-refractivity contribution in [2.45, 2.75) is 100 Å². The molecule has 0 aliphatic carbocycles. The molecule has 261 valence electrons. The van der Waals surface area contributed by atoms with Gasteiger partial charge in [0.05, 0.1) is 6.26 Å². The predicted molar refractivity (Wildman–Crippen MR) is 205 cm³/mol. The van der Waals surface area contributed by atoms with E-state index in [0.29, 0.717) is 0 Å². The molecule has 4 nitrogen and oxygen atoms in total. The van der Waals surface area contributed by atoms with Crippen molar-refractivity contribution in [2.75, 3.05) is 0 Å². The van der Waals surface area contributed by atoms with E-state index < -0.39 is 0 Å². The molecule has 0 spiro atoms. The van der Waals surface area contributed by atoms with Gasteiger partial charge in [0.1, 0.15) is 11.3 Å². The molecular formula is C43H50IrNO3S-. The summed E-state index contributed by atoms with van der Waals surface area (Å²) in [5.41, 5.74) is 4.92. The number of rotatable bonds is 8. The molecule has 0 unspecified atom stereocenters. The largest absolute Gasteiger partial charge is 0.512 e. The number of allylic oxidation sites excluding steroid dienone is 2. The first kappa shape index (κ1) is 38.5. The maximum Gasteiger partial charge on any atom is 0.164 e. The first-order valence-electron chi connectivity index (χ1n) is 17.3. The number of ketones is 1. The Morgan fingerprint density at radius 1 is 0.878 bits per heavy atom. The van der Waals surface area contributed by atoms with Crippen molar-refractivity contribution >= 4 is 59.0 Å². The zero-order valence-electron chi connectivity index (χ0n) is 30.6. The van der Waals surface area contributed by atoms with Gasteiger partial charge in [-0.25, -0.2) is 0 Å². The molecule has 6 heteroatoms. The molecule has 0 aliphatic heterocycles. The number of thiophene rings is 1. The van der Waals surface area contributed by atoms with Crippen molar-refractivity contribution in [3.05, 3.63) is 90.0 Å². The number of aliphatic hydroxyl groups excluding tert-OH is 1. The van der Waals surface area contributed by atoms with Crippen molar-refractivity contribution < 1.29 is 34.4 Å². The number of hydrogen-bond acceptors (Lipinski definition) is 5. The van der Waals surface area contributed by atoms with Crippen LogP contribution in [0, 0.1) is 23.8 Å². The fourth-order valence-corrected chi connectivity index (χ4v) is 7.43. The SMILES string of the molecule is CCC(C)(CC)C(=O)/C=C(\O)C(C)(CC)CC.Cc1coc2cc3c(cc12)sc1c(-c2[c-]c4ccccc4c(C(C)(C)C)c2)nccc13.[Ir]. The van der Waals surface area contributed by atoms with Crippen LogP contribution in [-0.2, 0) is 30.3 Å². The number of fused-ring (bicyclic) bond motifs is 5. The van der Waals surface area contributed by atoms with Gasteiger partial charge in [0.2, 0.25) is 0 Å². The molecule has 6 aromatic rings. The molecule has 0 fully saturated rings. The Hall–Kier alpha value is -3.31. The van der Waals surface area contributed by atoms with E-state index in [9.17, 15) is 9.90 Å². The molecule has 1 radical (unpaired) electrons. The summed E-state index contributed by atoms with van der Waals surface area (Å²) < 4.78 is 8.24. The monoisotopic (exact) mass is 853 g/mol. The Kier molecular flexibility index (Phi) is 11.7. The molecule has 0 atom stereocenters. The molecule has 49 heavy (non-hydrogen) atoms. The van der Waals surface area contributed by atoms with Crippen LogP contribution in [0.4, 0.5) is 0 Å². The van der Waals surface area contributed by atoms with Gasteiger partial charge in [0.15, 0.2) is 5.78 Å². The maximum atomic E-state index is 12.2. The molecule has 0 aliphatic rings. The number of aliphatic hydroxyl groups is 1. The van der Waals surface area contributed by atoms with E-state index in [0.717, 1.165) is 47.9 Å². The minimum atomic E-state index is -0.337. The third kappa shape index (κ3) is 7.43. The fraction of sp³-hybridized carbons (Fsp3) is 0.395. The smallest absolute Gasteiger partial charge is 0.164 e. The maximum absolute atomic E-state index is 12.2. The zero-order valence-corrected chi connectivity index (χ0v) is 33.8. The van der Waals surface area contributed by atoms with Gasteiger partial charge in [-0.3, -0.25) is 9.78 Å². The summed E-state index contributed by atoms with van der Waals surface area (Å²) in [6, 6.07) is 21.0. The van der Waals surface area contributed by atoms with Crippen molar-refractivity contribution in [3.63, 3.8) is 0 Å². The van der Waals surface area contributed by atoms with E-state index in [1.54, 1.807) is 11.3 Å².